The molecule has 1 heterocycles. The molecule has 2 aromatic rings. The van der Waals surface area contributed by atoms with Crippen LogP contribution in [0, 0.1) is 6.92 Å². The van der Waals surface area contributed by atoms with Gasteiger partial charge in [0.2, 0.25) is 5.88 Å². The van der Waals surface area contributed by atoms with Crippen molar-refractivity contribution in [3.05, 3.63) is 52.7 Å². The molecule has 2 rings (SSSR count). The van der Waals surface area contributed by atoms with Gasteiger partial charge in [-0.25, -0.2) is 4.98 Å². The Kier molecular flexibility index (Phi) is 4.99. The summed E-state index contributed by atoms with van der Waals surface area (Å²) in [5.74, 6) is 1.28. The van der Waals surface area contributed by atoms with Crippen molar-refractivity contribution >= 4 is 11.6 Å². The van der Waals surface area contributed by atoms with Crippen LogP contribution >= 0.6 is 11.6 Å². The predicted octanol–water partition coefficient (Wildman–Crippen LogP) is 4.33. The smallest absolute Gasteiger partial charge is 0.219 e. The first-order chi connectivity index (χ1) is 9.52. The Bertz CT molecular complexity index is 584. The second-order valence-electron chi connectivity index (χ2n) is 5.05. The van der Waals surface area contributed by atoms with Gasteiger partial charge in [-0.1, -0.05) is 31.5 Å². The Morgan fingerprint density at radius 3 is 2.75 bits per heavy atom. The molecular formula is C16H19ClN2O. The third-order valence-electron chi connectivity index (χ3n) is 2.72. The fourth-order valence-corrected chi connectivity index (χ4v) is 2.01. The molecule has 0 atom stereocenters. The Labute approximate surface area is 124 Å². The van der Waals surface area contributed by atoms with E-state index in [1.54, 1.807) is 6.07 Å². The first-order valence-corrected chi connectivity index (χ1v) is 7.05. The van der Waals surface area contributed by atoms with Gasteiger partial charge in [-0.2, -0.15) is 0 Å². The Morgan fingerprint density at radius 1 is 1.25 bits per heavy atom. The summed E-state index contributed by atoms with van der Waals surface area (Å²) in [6.45, 7) is 7.01. The van der Waals surface area contributed by atoms with Crippen LogP contribution in [0.3, 0.4) is 0 Å². The largest absolute Gasteiger partial charge is 0.439 e. The minimum absolute atomic E-state index is 0.445. The van der Waals surface area contributed by atoms with E-state index >= 15 is 0 Å². The van der Waals surface area contributed by atoms with Crippen molar-refractivity contribution in [3.8, 4) is 11.6 Å². The molecule has 0 aliphatic rings. The van der Waals surface area contributed by atoms with Crippen LogP contribution in [0.5, 0.6) is 11.6 Å². The van der Waals surface area contributed by atoms with E-state index in [9.17, 15) is 0 Å². The molecule has 0 saturated carbocycles. The molecule has 0 bridgehead atoms. The van der Waals surface area contributed by atoms with E-state index < -0.39 is 0 Å². The molecule has 1 N–H and O–H groups in total. The number of aryl methyl sites for hydroxylation is 1. The minimum atomic E-state index is 0.445. The average Bonchev–Trinajstić information content (AvgIpc) is 2.35. The van der Waals surface area contributed by atoms with Crippen molar-refractivity contribution < 1.29 is 4.74 Å². The molecule has 1 aromatic carbocycles. The first kappa shape index (κ1) is 14.8. The maximum absolute atomic E-state index is 5.95. The standard InChI is InChI=1S/C16H19ClN2O/c1-11(2)18-10-13-7-12(3)19-16(8-13)20-15-6-4-5-14(17)9-15/h4-9,11,18H,10H2,1-3H3. The zero-order valence-corrected chi connectivity index (χ0v) is 12.7. The summed E-state index contributed by atoms with van der Waals surface area (Å²) < 4.78 is 5.76. The van der Waals surface area contributed by atoms with Gasteiger partial charge < -0.3 is 10.1 Å². The molecule has 0 spiro atoms. The summed E-state index contributed by atoms with van der Waals surface area (Å²) in [6, 6.07) is 11.8. The van der Waals surface area contributed by atoms with Crippen molar-refractivity contribution in [2.24, 2.45) is 0 Å². The topological polar surface area (TPSA) is 34.1 Å². The SMILES string of the molecule is Cc1cc(CNC(C)C)cc(Oc2cccc(Cl)c2)n1. The van der Waals surface area contributed by atoms with Crippen LogP contribution in [0.15, 0.2) is 36.4 Å². The third-order valence-corrected chi connectivity index (χ3v) is 2.96. The molecule has 0 aliphatic carbocycles. The second kappa shape index (κ2) is 6.73. The van der Waals surface area contributed by atoms with Gasteiger partial charge >= 0.3 is 0 Å². The minimum Gasteiger partial charge on any atom is -0.439 e. The van der Waals surface area contributed by atoms with E-state index in [1.807, 2.05) is 31.2 Å². The van der Waals surface area contributed by atoms with Crippen LogP contribution in [0.1, 0.15) is 25.1 Å². The lowest BCUT2D eigenvalue weighted by Crippen LogP contribution is -2.21. The summed E-state index contributed by atoms with van der Waals surface area (Å²) in [5.41, 5.74) is 2.09. The van der Waals surface area contributed by atoms with Gasteiger partial charge in [0, 0.05) is 29.4 Å². The van der Waals surface area contributed by atoms with E-state index in [1.165, 1.54) is 0 Å². The Hall–Kier alpha value is -1.58. The van der Waals surface area contributed by atoms with Gasteiger partial charge in [-0.15, -0.1) is 0 Å². The number of hydrogen-bond donors (Lipinski definition) is 1. The van der Waals surface area contributed by atoms with Crippen molar-refractivity contribution in [2.45, 2.75) is 33.4 Å². The lowest BCUT2D eigenvalue weighted by atomic mass is 10.2. The van der Waals surface area contributed by atoms with Gasteiger partial charge in [0.25, 0.3) is 0 Å². The molecule has 0 fully saturated rings. The van der Waals surface area contributed by atoms with Crippen molar-refractivity contribution in [1.82, 2.24) is 10.3 Å². The number of benzene rings is 1. The molecule has 20 heavy (non-hydrogen) atoms. The number of nitrogens with zero attached hydrogens (tertiary/aromatic N) is 1. The van der Waals surface area contributed by atoms with Crippen molar-refractivity contribution in [2.75, 3.05) is 0 Å². The lowest BCUT2D eigenvalue weighted by Gasteiger charge is -2.11. The highest BCUT2D eigenvalue weighted by Crippen LogP contribution is 2.23. The average molecular weight is 291 g/mol. The highest BCUT2D eigenvalue weighted by molar-refractivity contribution is 6.30. The molecule has 3 nitrogen and oxygen atoms in total. The van der Waals surface area contributed by atoms with Crippen LogP contribution in [-0.2, 0) is 6.54 Å². The summed E-state index contributed by atoms with van der Waals surface area (Å²) in [7, 11) is 0. The molecule has 106 valence electrons. The zero-order valence-electron chi connectivity index (χ0n) is 12.0. The van der Waals surface area contributed by atoms with Crippen LogP contribution in [0.4, 0.5) is 0 Å². The van der Waals surface area contributed by atoms with Crippen LogP contribution in [0.25, 0.3) is 0 Å². The Morgan fingerprint density at radius 2 is 2.05 bits per heavy atom. The number of aromatic nitrogens is 1. The summed E-state index contributed by atoms with van der Waals surface area (Å²) >= 11 is 5.95. The van der Waals surface area contributed by atoms with E-state index in [2.05, 4.69) is 30.2 Å². The van der Waals surface area contributed by atoms with Crippen molar-refractivity contribution in [1.29, 1.82) is 0 Å². The molecule has 1 aromatic heterocycles. The van der Waals surface area contributed by atoms with E-state index in [-0.39, 0.29) is 0 Å². The third kappa shape index (κ3) is 4.51. The number of halogens is 1. The van der Waals surface area contributed by atoms with Gasteiger partial charge in [0.05, 0.1) is 0 Å². The fourth-order valence-electron chi connectivity index (χ4n) is 1.83. The number of pyridine rings is 1. The highest BCUT2D eigenvalue weighted by atomic mass is 35.5. The van der Waals surface area contributed by atoms with Crippen LogP contribution < -0.4 is 10.1 Å². The van der Waals surface area contributed by atoms with Gasteiger partial charge in [0.15, 0.2) is 0 Å². The summed E-state index contributed by atoms with van der Waals surface area (Å²) in [4.78, 5) is 4.39. The lowest BCUT2D eigenvalue weighted by molar-refractivity contribution is 0.460. The summed E-state index contributed by atoms with van der Waals surface area (Å²) in [5, 5.41) is 4.03. The van der Waals surface area contributed by atoms with E-state index in [0.717, 1.165) is 17.8 Å². The number of rotatable bonds is 5. The highest BCUT2D eigenvalue weighted by Gasteiger charge is 2.04. The maximum atomic E-state index is 5.95. The molecule has 0 amide bonds. The fraction of sp³-hybridized carbons (Fsp3) is 0.312. The van der Waals surface area contributed by atoms with Crippen LogP contribution in [-0.4, -0.2) is 11.0 Å². The van der Waals surface area contributed by atoms with Crippen LogP contribution in [0.2, 0.25) is 5.02 Å². The number of nitrogens with one attached hydrogen (secondary N) is 1. The monoisotopic (exact) mass is 290 g/mol. The number of hydrogen-bond acceptors (Lipinski definition) is 3. The van der Waals surface area contributed by atoms with Gasteiger partial charge in [0.1, 0.15) is 5.75 Å². The van der Waals surface area contributed by atoms with E-state index in [0.29, 0.717) is 22.7 Å². The molecule has 0 aliphatic heterocycles. The predicted molar refractivity (Wildman–Crippen MR) is 82.5 cm³/mol. The van der Waals surface area contributed by atoms with Crippen molar-refractivity contribution in [3.63, 3.8) is 0 Å². The zero-order chi connectivity index (χ0) is 14.5. The van der Waals surface area contributed by atoms with E-state index in [4.69, 9.17) is 16.3 Å². The van der Waals surface area contributed by atoms with Gasteiger partial charge in [-0.3, -0.25) is 0 Å². The molecule has 0 saturated heterocycles. The first-order valence-electron chi connectivity index (χ1n) is 6.67. The molecule has 0 unspecified atom stereocenters. The Balaban J connectivity index is 2.15. The molecule has 4 heteroatoms. The summed E-state index contributed by atoms with van der Waals surface area (Å²) in [6.07, 6.45) is 0. The second-order valence-corrected chi connectivity index (χ2v) is 5.49. The maximum Gasteiger partial charge on any atom is 0.219 e. The molecule has 0 radical (unpaired) electrons. The quantitative estimate of drug-likeness (QED) is 0.890. The normalized spacial score (nSPS) is 10.8. The molecular weight excluding hydrogens is 272 g/mol. The van der Waals surface area contributed by atoms with Gasteiger partial charge in [-0.05, 0) is 36.8 Å². The number of ether oxygens (including phenoxy) is 1.